The average molecular weight is 249 g/mol. The predicted octanol–water partition coefficient (Wildman–Crippen LogP) is 3.45. The molecule has 0 bridgehead atoms. The molecule has 2 nitrogen and oxygen atoms in total. The van der Waals surface area contributed by atoms with E-state index in [1.165, 1.54) is 0 Å². The highest BCUT2D eigenvalue weighted by atomic mass is 35.5. The minimum absolute atomic E-state index is 0.244. The molecule has 0 aromatic heterocycles. The van der Waals surface area contributed by atoms with Crippen molar-refractivity contribution in [1.29, 1.82) is 0 Å². The Labute approximate surface area is 99.8 Å². The zero-order valence-corrected chi connectivity index (χ0v) is 10.1. The maximum Gasteiger partial charge on any atom is 0.104 e. The maximum atomic E-state index is 9.78. The summed E-state index contributed by atoms with van der Waals surface area (Å²) >= 11 is 11.8. The van der Waals surface area contributed by atoms with Crippen molar-refractivity contribution in [2.24, 2.45) is 0 Å². The SMILES string of the molecule is CCCOCC(O)c1cccc(Cl)c1Cl. The van der Waals surface area contributed by atoms with E-state index in [0.717, 1.165) is 6.42 Å². The van der Waals surface area contributed by atoms with E-state index in [1.54, 1.807) is 18.2 Å². The van der Waals surface area contributed by atoms with Crippen LogP contribution in [0.1, 0.15) is 25.0 Å². The number of hydrogen-bond donors (Lipinski definition) is 1. The second kappa shape index (κ2) is 6.33. The minimum atomic E-state index is -0.720. The zero-order chi connectivity index (χ0) is 11.3. The van der Waals surface area contributed by atoms with Crippen LogP contribution in [0.4, 0.5) is 0 Å². The molecule has 0 aliphatic rings. The van der Waals surface area contributed by atoms with E-state index in [4.69, 9.17) is 27.9 Å². The van der Waals surface area contributed by atoms with Crippen molar-refractivity contribution in [2.75, 3.05) is 13.2 Å². The van der Waals surface area contributed by atoms with Crippen LogP contribution in [-0.2, 0) is 4.74 Å². The molecular formula is C11H14Cl2O2. The molecule has 0 radical (unpaired) electrons. The lowest BCUT2D eigenvalue weighted by atomic mass is 10.1. The first kappa shape index (κ1) is 12.8. The van der Waals surface area contributed by atoms with Crippen LogP contribution in [-0.4, -0.2) is 18.3 Å². The highest BCUT2D eigenvalue weighted by molar-refractivity contribution is 6.42. The Morgan fingerprint density at radius 3 is 2.80 bits per heavy atom. The van der Waals surface area contributed by atoms with Gasteiger partial charge in [-0.05, 0) is 12.5 Å². The molecule has 0 heterocycles. The van der Waals surface area contributed by atoms with Crippen LogP contribution in [0.15, 0.2) is 18.2 Å². The molecule has 1 aromatic carbocycles. The smallest absolute Gasteiger partial charge is 0.104 e. The lowest BCUT2D eigenvalue weighted by Crippen LogP contribution is -2.08. The quantitative estimate of drug-likeness (QED) is 0.810. The van der Waals surface area contributed by atoms with Crippen LogP contribution in [0, 0.1) is 0 Å². The van der Waals surface area contributed by atoms with Gasteiger partial charge in [0.2, 0.25) is 0 Å². The summed E-state index contributed by atoms with van der Waals surface area (Å²) in [5, 5.41) is 10.6. The van der Waals surface area contributed by atoms with Gasteiger partial charge in [-0.1, -0.05) is 42.3 Å². The molecule has 0 spiro atoms. The fourth-order valence-electron chi connectivity index (χ4n) is 1.21. The number of rotatable bonds is 5. The molecule has 1 rings (SSSR count). The zero-order valence-electron chi connectivity index (χ0n) is 8.54. The second-order valence-electron chi connectivity index (χ2n) is 3.23. The number of hydrogen-bond acceptors (Lipinski definition) is 2. The largest absolute Gasteiger partial charge is 0.386 e. The van der Waals surface area contributed by atoms with E-state index in [9.17, 15) is 5.11 Å². The molecule has 4 heteroatoms. The third-order valence-corrected chi connectivity index (χ3v) is 2.80. The highest BCUT2D eigenvalue weighted by Gasteiger charge is 2.13. The normalized spacial score (nSPS) is 12.8. The van der Waals surface area contributed by atoms with Crippen LogP contribution < -0.4 is 0 Å². The number of halogens is 2. The molecule has 0 amide bonds. The lowest BCUT2D eigenvalue weighted by molar-refractivity contribution is 0.0364. The molecular weight excluding hydrogens is 235 g/mol. The fraction of sp³-hybridized carbons (Fsp3) is 0.455. The topological polar surface area (TPSA) is 29.5 Å². The standard InChI is InChI=1S/C11H14Cl2O2/c1-2-6-15-7-10(14)8-4-3-5-9(12)11(8)13/h3-5,10,14H,2,6-7H2,1H3. The van der Waals surface area contributed by atoms with Crippen molar-refractivity contribution in [1.82, 2.24) is 0 Å². The van der Waals surface area contributed by atoms with Crippen molar-refractivity contribution >= 4 is 23.2 Å². The van der Waals surface area contributed by atoms with E-state index >= 15 is 0 Å². The number of ether oxygens (including phenoxy) is 1. The summed E-state index contributed by atoms with van der Waals surface area (Å²) in [4.78, 5) is 0. The van der Waals surface area contributed by atoms with Gasteiger partial charge in [0.25, 0.3) is 0 Å². The summed E-state index contributed by atoms with van der Waals surface area (Å²) in [6, 6.07) is 5.19. The number of aliphatic hydroxyl groups is 1. The first-order chi connectivity index (χ1) is 7.16. The molecule has 0 fully saturated rings. The monoisotopic (exact) mass is 248 g/mol. The van der Waals surface area contributed by atoms with Gasteiger partial charge in [0.05, 0.1) is 16.7 Å². The molecule has 0 aliphatic carbocycles. The van der Waals surface area contributed by atoms with Crippen LogP contribution in [0.3, 0.4) is 0 Å². The predicted molar refractivity (Wildman–Crippen MR) is 62.5 cm³/mol. The summed E-state index contributed by atoms with van der Waals surface area (Å²) in [5.74, 6) is 0. The Bertz CT molecular complexity index is 315. The molecule has 1 aromatic rings. The first-order valence-corrected chi connectivity index (χ1v) is 5.62. The van der Waals surface area contributed by atoms with Crippen molar-refractivity contribution in [3.8, 4) is 0 Å². The lowest BCUT2D eigenvalue weighted by Gasteiger charge is -2.13. The van der Waals surface area contributed by atoms with E-state index in [1.807, 2.05) is 6.92 Å². The van der Waals surface area contributed by atoms with Gasteiger partial charge < -0.3 is 9.84 Å². The summed E-state index contributed by atoms with van der Waals surface area (Å²) in [7, 11) is 0. The molecule has 0 saturated carbocycles. The fourth-order valence-corrected chi connectivity index (χ4v) is 1.64. The van der Waals surface area contributed by atoms with Gasteiger partial charge in [0.1, 0.15) is 6.10 Å². The van der Waals surface area contributed by atoms with Crippen LogP contribution in [0.25, 0.3) is 0 Å². The molecule has 15 heavy (non-hydrogen) atoms. The number of aliphatic hydroxyl groups excluding tert-OH is 1. The third-order valence-electron chi connectivity index (χ3n) is 1.96. The summed E-state index contributed by atoms with van der Waals surface area (Å²) in [5.41, 5.74) is 0.611. The van der Waals surface area contributed by atoms with Gasteiger partial charge in [0, 0.05) is 12.2 Å². The Morgan fingerprint density at radius 2 is 2.13 bits per heavy atom. The van der Waals surface area contributed by atoms with E-state index in [-0.39, 0.29) is 6.61 Å². The molecule has 1 atom stereocenters. The molecule has 1 unspecified atom stereocenters. The number of benzene rings is 1. The first-order valence-electron chi connectivity index (χ1n) is 4.86. The van der Waals surface area contributed by atoms with Crippen LogP contribution in [0.2, 0.25) is 10.0 Å². The van der Waals surface area contributed by atoms with Gasteiger partial charge in [-0.2, -0.15) is 0 Å². The Morgan fingerprint density at radius 1 is 1.40 bits per heavy atom. The Balaban J connectivity index is 2.65. The van der Waals surface area contributed by atoms with Crippen molar-refractivity contribution in [3.05, 3.63) is 33.8 Å². The van der Waals surface area contributed by atoms with Gasteiger partial charge in [-0.15, -0.1) is 0 Å². The molecule has 0 saturated heterocycles. The van der Waals surface area contributed by atoms with Gasteiger partial charge in [0.15, 0.2) is 0 Å². The van der Waals surface area contributed by atoms with E-state index < -0.39 is 6.10 Å². The molecule has 1 N–H and O–H groups in total. The van der Waals surface area contributed by atoms with Gasteiger partial charge in [-0.3, -0.25) is 0 Å². The van der Waals surface area contributed by atoms with E-state index in [0.29, 0.717) is 22.2 Å². The summed E-state index contributed by atoms with van der Waals surface area (Å²) < 4.78 is 5.24. The average Bonchev–Trinajstić information content (AvgIpc) is 2.22. The minimum Gasteiger partial charge on any atom is -0.386 e. The van der Waals surface area contributed by atoms with Gasteiger partial charge >= 0.3 is 0 Å². The van der Waals surface area contributed by atoms with Crippen LogP contribution >= 0.6 is 23.2 Å². The van der Waals surface area contributed by atoms with Crippen molar-refractivity contribution in [3.63, 3.8) is 0 Å². The highest BCUT2D eigenvalue weighted by Crippen LogP contribution is 2.29. The Hall–Kier alpha value is -0.280. The van der Waals surface area contributed by atoms with E-state index in [2.05, 4.69) is 0 Å². The summed E-state index contributed by atoms with van der Waals surface area (Å²) in [6.07, 6.45) is 0.207. The van der Waals surface area contributed by atoms with Crippen LogP contribution in [0.5, 0.6) is 0 Å². The second-order valence-corrected chi connectivity index (χ2v) is 4.02. The van der Waals surface area contributed by atoms with Gasteiger partial charge in [-0.25, -0.2) is 0 Å². The summed E-state index contributed by atoms with van der Waals surface area (Å²) in [6.45, 7) is 2.89. The van der Waals surface area contributed by atoms with Crippen molar-refractivity contribution in [2.45, 2.75) is 19.4 Å². The molecule has 84 valence electrons. The van der Waals surface area contributed by atoms with Crippen molar-refractivity contribution < 1.29 is 9.84 Å². The third kappa shape index (κ3) is 3.65. The maximum absolute atomic E-state index is 9.78. The Kier molecular flexibility index (Phi) is 5.40. The molecule has 0 aliphatic heterocycles.